The summed E-state index contributed by atoms with van der Waals surface area (Å²) in [6.07, 6.45) is 3.46. The van der Waals surface area contributed by atoms with Crippen molar-refractivity contribution in [3.8, 4) is 6.07 Å². The lowest BCUT2D eigenvalue weighted by molar-refractivity contribution is 0.248. The summed E-state index contributed by atoms with van der Waals surface area (Å²) in [5.74, 6) is 0.969. The van der Waals surface area contributed by atoms with Crippen LogP contribution in [0.1, 0.15) is 38.3 Å². The minimum absolute atomic E-state index is 0.123. The number of anilines is 2. The minimum atomic E-state index is -0.291. The zero-order chi connectivity index (χ0) is 15.9. The number of hydrogen-bond donors (Lipinski definition) is 2. The molecule has 0 aromatic carbocycles. The zero-order valence-electron chi connectivity index (χ0n) is 13.2. The van der Waals surface area contributed by atoms with E-state index in [1.165, 1.54) is 12.8 Å². The molecular formula is C16H23N5O. The average molecular weight is 301 g/mol. The molecule has 1 saturated heterocycles. The highest BCUT2D eigenvalue weighted by molar-refractivity contribution is 5.90. The van der Waals surface area contributed by atoms with E-state index < -0.39 is 0 Å². The van der Waals surface area contributed by atoms with Gasteiger partial charge in [-0.15, -0.1) is 0 Å². The summed E-state index contributed by atoms with van der Waals surface area (Å²) in [5, 5.41) is 14.3. The van der Waals surface area contributed by atoms with E-state index in [0.717, 1.165) is 31.0 Å². The van der Waals surface area contributed by atoms with Gasteiger partial charge < -0.3 is 15.5 Å². The fraction of sp³-hybridized carbons (Fsp3) is 0.562. The quantitative estimate of drug-likeness (QED) is 0.876. The first-order chi connectivity index (χ1) is 10.6. The molecule has 2 heterocycles. The lowest BCUT2D eigenvalue weighted by atomic mass is 10.2. The lowest BCUT2D eigenvalue weighted by Gasteiger charge is -2.19. The number of rotatable bonds is 5. The summed E-state index contributed by atoms with van der Waals surface area (Å²) < 4.78 is 0. The molecule has 0 unspecified atom stereocenters. The third kappa shape index (κ3) is 4.10. The Morgan fingerprint density at radius 3 is 2.77 bits per heavy atom. The van der Waals surface area contributed by atoms with Gasteiger partial charge in [0.15, 0.2) is 0 Å². The van der Waals surface area contributed by atoms with Crippen LogP contribution in [0.25, 0.3) is 0 Å². The number of nitrogens with zero attached hydrogens (tertiary/aromatic N) is 3. The van der Waals surface area contributed by atoms with Gasteiger partial charge in [0.05, 0.1) is 23.9 Å². The highest BCUT2D eigenvalue weighted by Gasteiger charge is 2.15. The van der Waals surface area contributed by atoms with E-state index in [1.807, 2.05) is 26.0 Å². The van der Waals surface area contributed by atoms with Gasteiger partial charge in [-0.25, -0.2) is 9.78 Å². The lowest BCUT2D eigenvalue weighted by Crippen LogP contribution is -2.37. The SMILES string of the molecule is CC[C@H](CC#N)NC(=O)Nc1ccc(N2CCCC2)nc1C. The van der Waals surface area contributed by atoms with Gasteiger partial charge in [0.2, 0.25) is 0 Å². The van der Waals surface area contributed by atoms with E-state index in [2.05, 4.69) is 26.6 Å². The first kappa shape index (κ1) is 16.1. The van der Waals surface area contributed by atoms with Crippen molar-refractivity contribution in [3.05, 3.63) is 17.8 Å². The largest absolute Gasteiger partial charge is 0.357 e. The summed E-state index contributed by atoms with van der Waals surface area (Å²) in [7, 11) is 0. The number of pyridine rings is 1. The number of urea groups is 1. The van der Waals surface area contributed by atoms with E-state index in [1.54, 1.807) is 0 Å². The van der Waals surface area contributed by atoms with Crippen LogP contribution < -0.4 is 15.5 Å². The van der Waals surface area contributed by atoms with Gasteiger partial charge in [0.25, 0.3) is 0 Å². The van der Waals surface area contributed by atoms with Crippen molar-refractivity contribution in [2.45, 2.75) is 45.6 Å². The molecule has 0 aliphatic carbocycles. The number of amides is 2. The second kappa shape index (κ2) is 7.64. The van der Waals surface area contributed by atoms with Crippen LogP contribution in [0.2, 0.25) is 0 Å². The Morgan fingerprint density at radius 2 is 2.18 bits per heavy atom. The third-order valence-electron chi connectivity index (χ3n) is 3.92. The molecule has 6 heteroatoms. The van der Waals surface area contributed by atoms with Gasteiger partial charge in [-0.05, 0) is 38.3 Å². The Bertz CT molecular complexity index is 560. The third-order valence-corrected chi connectivity index (χ3v) is 3.92. The van der Waals surface area contributed by atoms with Gasteiger partial charge in [0.1, 0.15) is 5.82 Å². The molecule has 22 heavy (non-hydrogen) atoms. The molecule has 0 radical (unpaired) electrons. The fourth-order valence-corrected chi connectivity index (χ4v) is 2.55. The molecule has 1 aromatic heterocycles. The Morgan fingerprint density at radius 1 is 1.45 bits per heavy atom. The summed E-state index contributed by atoms with van der Waals surface area (Å²) in [6.45, 7) is 5.93. The highest BCUT2D eigenvalue weighted by Crippen LogP contribution is 2.21. The number of aryl methyl sites for hydroxylation is 1. The molecular weight excluding hydrogens is 278 g/mol. The van der Waals surface area contributed by atoms with Gasteiger partial charge >= 0.3 is 6.03 Å². The fourth-order valence-electron chi connectivity index (χ4n) is 2.55. The Hall–Kier alpha value is -2.29. The molecule has 2 rings (SSSR count). The summed E-state index contributed by atoms with van der Waals surface area (Å²) in [4.78, 5) is 18.8. The second-order valence-corrected chi connectivity index (χ2v) is 5.56. The molecule has 1 aromatic rings. The Kier molecular flexibility index (Phi) is 5.59. The van der Waals surface area contributed by atoms with Crippen molar-refractivity contribution in [1.82, 2.24) is 10.3 Å². The van der Waals surface area contributed by atoms with Crippen LogP contribution in [0.15, 0.2) is 12.1 Å². The molecule has 1 aliphatic heterocycles. The van der Waals surface area contributed by atoms with Gasteiger partial charge in [-0.2, -0.15) is 5.26 Å². The molecule has 0 bridgehead atoms. The molecule has 0 saturated carbocycles. The Labute approximate surface area is 131 Å². The molecule has 1 fully saturated rings. The smallest absolute Gasteiger partial charge is 0.319 e. The summed E-state index contributed by atoms with van der Waals surface area (Å²) >= 11 is 0. The number of aromatic nitrogens is 1. The summed E-state index contributed by atoms with van der Waals surface area (Å²) in [6, 6.07) is 5.50. The zero-order valence-corrected chi connectivity index (χ0v) is 13.2. The molecule has 6 nitrogen and oxygen atoms in total. The van der Waals surface area contributed by atoms with Crippen LogP contribution in [-0.2, 0) is 0 Å². The molecule has 0 spiro atoms. The van der Waals surface area contributed by atoms with E-state index in [-0.39, 0.29) is 12.1 Å². The molecule has 2 N–H and O–H groups in total. The minimum Gasteiger partial charge on any atom is -0.357 e. The Balaban J connectivity index is 1.97. The summed E-state index contributed by atoms with van der Waals surface area (Å²) in [5.41, 5.74) is 1.50. The number of carbonyl (C=O) groups excluding carboxylic acids is 1. The second-order valence-electron chi connectivity index (χ2n) is 5.56. The monoisotopic (exact) mass is 301 g/mol. The normalized spacial score (nSPS) is 15.2. The van der Waals surface area contributed by atoms with Crippen molar-refractivity contribution in [2.75, 3.05) is 23.3 Å². The maximum Gasteiger partial charge on any atom is 0.319 e. The standard InChI is InChI=1S/C16H23N5O/c1-3-13(8-9-17)19-16(22)20-14-6-7-15(18-12(14)2)21-10-4-5-11-21/h6-7,13H,3-5,8,10-11H2,1-2H3,(H2,19,20,22)/t13-/m1/s1. The van der Waals surface area contributed by atoms with Gasteiger partial charge in [-0.1, -0.05) is 6.92 Å². The van der Waals surface area contributed by atoms with Crippen LogP contribution >= 0.6 is 0 Å². The highest BCUT2D eigenvalue weighted by atomic mass is 16.2. The molecule has 1 atom stereocenters. The van der Waals surface area contributed by atoms with Crippen LogP contribution in [0.5, 0.6) is 0 Å². The van der Waals surface area contributed by atoms with Crippen molar-refractivity contribution >= 4 is 17.5 Å². The maximum atomic E-state index is 12.0. The molecule has 118 valence electrons. The predicted octanol–water partition coefficient (Wildman–Crippen LogP) is 2.80. The van der Waals surface area contributed by atoms with E-state index >= 15 is 0 Å². The van der Waals surface area contributed by atoms with E-state index in [9.17, 15) is 4.79 Å². The van der Waals surface area contributed by atoms with Crippen molar-refractivity contribution < 1.29 is 4.79 Å². The van der Waals surface area contributed by atoms with E-state index in [0.29, 0.717) is 12.1 Å². The van der Waals surface area contributed by atoms with Crippen LogP contribution in [0.3, 0.4) is 0 Å². The molecule has 1 aliphatic rings. The topological polar surface area (TPSA) is 81.0 Å². The van der Waals surface area contributed by atoms with E-state index in [4.69, 9.17) is 5.26 Å². The maximum absolute atomic E-state index is 12.0. The molecule has 2 amide bonds. The van der Waals surface area contributed by atoms with Crippen molar-refractivity contribution in [2.24, 2.45) is 0 Å². The van der Waals surface area contributed by atoms with Crippen LogP contribution in [0, 0.1) is 18.3 Å². The van der Waals surface area contributed by atoms with Crippen LogP contribution in [0.4, 0.5) is 16.3 Å². The van der Waals surface area contributed by atoms with Gasteiger partial charge in [-0.3, -0.25) is 0 Å². The van der Waals surface area contributed by atoms with Gasteiger partial charge in [0, 0.05) is 19.1 Å². The number of nitrogens with one attached hydrogen (secondary N) is 2. The average Bonchev–Trinajstić information content (AvgIpc) is 3.03. The first-order valence-corrected chi connectivity index (χ1v) is 7.81. The van der Waals surface area contributed by atoms with Crippen molar-refractivity contribution in [1.29, 1.82) is 5.26 Å². The first-order valence-electron chi connectivity index (χ1n) is 7.81. The van der Waals surface area contributed by atoms with Crippen molar-refractivity contribution in [3.63, 3.8) is 0 Å². The van der Waals surface area contributed by atoms with Crippen LogP contribution in [-0.4, -0.2) is 30.1 Å². The number of hydrogen-bond acceptors (Lipinski definition) is 4. The predicted molar refractivity (Wildman–Crippen MR) is 86.9 cm³/mol. The number of carbonyl (C=O) groups is 1. The number of nitriles is 1.